The first kappa shape index (κ1) is 16.7. The molecule has 0 aliphatic carbocycles. The van der Waals surface area contributed by atoms with E-state index >= 15 is 0 Å². The van der Waals surface area contributed by atoms with Crippen LogP contribution in [0.3, 0.4) is 0 Å². The van der Waals surface area contributed by atoms with Crippen molar-refractivity contribution < 1.29 is 9.90 Å². The topological polar surface area (TPSA) is 37.3 Å². The van der Waals surface area contributed by atoms with Crippen LogP contribution in [0.15, 0.2) is 24.3 Å². The molecule has 102 valence electrons. The molecular weight excluding hydrogens is 224 g/mol. The van der Waals surface area contributed by atoms with Gasteiger partial charge in [-0.05, 0) is 19.1 Å². The second-order valence-electron chi connectivity index (χ2n) is 4.59. The minimum absolute atomic E-state index is 0.347. The monoisotopic (exact) mass is 250 g/mol. The summed E-state index contributed by atoms with van der Waals surface area (Å²) in [6.07, 6.45) is 8.49. The standard InChI is InChI=1S/C8H8O2.C8H18/c1-6-3-2-4-7(5-6)8(9)10;1-3-5-7-8-6-4-2/h2-5H,1H3,(H,9,10);3-8H2,1-2H3. The Balaban J connectivity index is 0.000000331. The molecule has 0 heterocycles. The molecule has 0 aliphatic heterocycles. The van der Waals surface area contributed by atoms with E-state index in [4.69, 9.17) is 5.11 Å². The highest BCUT2D eigenvalue weighted by Gasteiger charge is 1.99. The molecule has 0 bridgehead atoms. The van der Waals surface area contributed by atoms with Crippen LogP contribution in [0.25, 0.3) is 0 Å². The summed E-state index contributed by atoms with van der Waals surface area (Å²) in [5, 5.41) is 8.51. The van der Waals surface area contributed by atoms with E-state index in [-0.39, 0.29) is 0 Å². The molecule has 0 saturated carbocycles. The largest absolute Gasteiger partial charge is 0.478 e. The summed E-state index contributed by atoms with van der Waals surface area (Å²) in [5.41, 5.74) is 1.32. The fourth-order valence-corrected chi connectivity index (χ4v) is 1.63. The molecule has 0 atom stereocenters. The second-order valence-corrected chi connectivity index (χ2v) is 4.59. The van der Waals surface area contributed by atoms with Crippen molar-refractivity contribution in [1.29, 1.82) is 0 Å². The van der Waals surface area contributed by atoms with Crippen molar-refractivity contribution in [2.75, 3.05) is 0 Å². The molecule has 0 unspecified atom stereocenters. The van der Waals surface area contributed by atoms with Crippen molar-refractivity contribution in [3.8, 4) is 0 Å². The van der Waals surface area contributed by atoms with Crippen LogP contribution in [-0.4, -0.2) is 11.1 Å². The van der Waals surface area contributed by atoms with E-state index in [1.165, 1.54) is 38.5 Å². The lowest BCUT2D eigenvalue weighted by atomic mass is 10.1. The summed E-state index contributed by atoms with van der Waals surface area (Å²) in [5.74, 6) is -0.872. The van der Waals surface area contributed by atoms with Gasteiger partial charge < -0.3 is 5.11 Å². The zero-order valence-corrected chi connectivity index (χ0v) is 11.9. The van der Waals surface area contributed by atoms with Crippen LogP contribution in [0.1, 0.15) is 68.3 Å². The molecule has 18 heavy (non-hydrogen) atoms. The van der Waals surface area contributed by atoms with Gasteiger partial charge in [-0.2, -0.15) is 0 Å². The Morgan fingerprint density at radius 3 is 1.94 bits per heavy atom. The molecule has 2 nitrogen and oxygen atoms in total. The maximum absolute atomic E-state index is 10.4. The predicted molar refractivity (Wildman–Crippen MR) is 77.2 cm³/mol. The van der Waals surface area contributed by atoms with Gasteiger partial charge in [0.2, 0.25) is 0 Å². The van der Waals surface area contributed by atoms with Crippen molar-refractivity contribution >= 4 is 5.97 Å². The lowest BCUT2D eigenvalue weighted by molar-refractivity contribution is 0.0697. The molecule has 1 aromatic carbocycles. The molecule has 2 heteroatoms. The Morgan fingerprint density at radius 1 is 1.06 bits per heavy atom. The summed E-state index contributed by atoms with van der Waals surface area (Å²) in [6.45, 7) is 6.38. The number of carbonyl (C=O) groups is 1. The zero-order chi connectivity index (χ0) is 13.8. The van der Waals surface area contributed by atoms with Gasteiger partial charge in [0, 0.05) is 0 Å². The smallest absolute Gasteiger partial charge is 0.335 e. The van der Waals surface area contributed by atoms with Crippen LogP contribution in [0.4, 0.5) is 0 Å². The van der Waals surface area contributed by atoms with E-state index in [1.807, 2.05) is 13.0 Å². The highest BCUT2D eigenvalue weighted by Crippen LogP contribution is 2.03. The van der Waals surface area contributed by atoms with Crippen LogP contribution >= 0.6 is 0 Å². The normalized spacial score (nSPS) is 9.50. The predicted octanol–water partition coefficient (Wildman–Crippen LogP) is 5.06. The van der Waals surface area contributed by atoms with Gasteiger partial charge in [0.1, 0.15) is 0 Å². The Bertz CT molecular complexity index is 326. The third kappa shape index (κ3) is 8.80. The summed E-state index contributed by atoms with van der Waals surface area (Å²) < 4.78 is 0. The van der Waals surface area contributed by atoms with E-state index in [0.717, 1.165) is 5.56 Å². The van der Waals surface area contributed by atoms with E-state index < -0.39 is 5.97 Å². The quantitative estimate of drug-likeness (QED) is 0.716. The summed E-state index contributed by atoms with van der Waals surface area (Å²) in [6, 6.07) is 6.82. The number of carboxylic acid groups (broad SMARTS) is 1. The summed E-state index contributed by atoms with van der Waals surface area (Å²) in [7, 11) is 0. The SMILES string of the molecule is CCCCCCCC.Cc1cccc(C(=O)O)c1. The first-order valence-corrected chi connectivity index (χ1v) is 6.91. The summed E-state index contributed by atoms with van der Waals surface area (Å²) in [4.78, 5) is 10.4. The second kappa shape index (κ2) is 10.8. The number of benzene rings is 1. The number of aromatic carboxylic acids is 1. The van der Waals surface area contributed by atoms with Crippen molar-refractivity contribution in [2.24, 2.45) is 0 Å². The first-order valence-electron chi connectivity index (χ1n) is 6.91. The lowest BCUT2D eigenvalue weighted by Crippen LogP contribution is -1.95. The number of hydrogen-bond acceptors (Lipinski definition) is 1. The van der Waals surface area contributed by atoms with Crippen molar-refractivity contribution in [1.82, 2.24) is 0 Å². The van der Waals surface area contributed by atoms with Gasteiger partial charge >= 0.3 is 5.97 Å². The Hall–Kier alpha value is -1.31. The molecule has 0 radical (unpaired) electrons. The lowest BCUT2D eigenvalue weighted by Gasteiger charge is -1.93. The number of rotatable bonds is 6. The third-order valence-corrected chi connectivity index (χ3v) is 2.72. The van der Waals surface area contributed by atoms with E-state index in [9.17, 15) is 4.79 Å². The first-order chi connectivity index (χ1) is 8.61. The van der Waals surface area contributed by atoms with Gasteiger partial charge in [-0.1, -0.05) is 70.1 Å². The van der Waals surface area contributed by atoms with E-state index in [2.05, 4.69) is 13.8 Å². The maximum atomic E-state index is 10.4. The molecule has 0 fully saturated rings. The molecule has 1 N–H and O–H groups in total. The fourth-order valence-electron chi connectivity index (χ4n) is 1.63. The maximum Gasteiger partial charge on any atom is 0.335 e. The molecule has 0 amide bonds. The molecule has 0 saturated heterocycles. The number of aryl methyl sites for hydroxylation is 1. The van der Waals surface area contributed by atoms with Crippen LogP contribution in [0.2, 0.25) is 0 Å². The zero-order valence-electron chi connectivity index (χ0n) is 11.9. The average molecular weight is 250 g/mol. The minimum Gasteiger partial charge on any atom is -0.478 e. The number of unbranched alkanes of at least 4 members (excludes halogenated alkanes) is 5. The minimum atomic E-state index is -0.872. The van der Waals surface area contributed by atoms with Crippen LogP contribution in [-0.2, 0) is 0 Å². The number of carboxylic acids is 1. The van der Waals surface area contributed by atoms with Crippen LogP contribution < -0.4 is 0 Å². The Kier molecular flexibility index (Phi) is 10.0. The molecule has 0 spiro atoms. The van der Waals surface area contributed by atoms with Crippen molar-refractivity contribution in [3.05, 3.63) is 35.4 Å². The van der Waals surface area contributed by atoms with E-state index in [1.54, 1.807) is 18.2 Å². The molecule has 1 rings (SSSR count). The van der Waals surface area contributed by atoms with Gasteiger partial charge in [0.05, 0.1) is 5.56 Å². The van der Waals surface area contributed by atoms with Gasteiger partial charge in [-0.3, -0.25) is 0 Å². The van der Waals surface area contributed by atoms with Crippen molar-refractivity contribution in [3.63, 3.8) is 0 Å². The van der Waals surface area contributed by atoms with Crippen LogP contribution in [0.5, 0.6) is 0 Å². The molecule has 1 aromatic rings. The van der Waals surface area contributed by atoms with Crippen LogP contribution in [0, 0.1) is 6.92 Å². The summed E-state index contributed by atoms with van der Waals surface area (Å²) >= 11 is 0. The van der Waals surface area contributed by atoms with Gasteiger partial charge in [0.15, 0.2) is 0 Å². The van der Waals surface area contributed by atoms with Crippen molar-refractivity contribution in [2.45, 2.75) is 59.3 Å². The molecule has 0 aromatic heterocycles. The van der Waals surface area contributed by atoms with Gasteiger partial charge in [-0.25, -0.2) is 4.79 Å². The molecule has 0 aliphatic rings. The van der Waals surface area contributed by atoms with E-state index in [0.29, 0.717) is 5.56 Å². The number of hydrogen-bond donors (Lipinski definition) is 1. The molecular formula is C16H26O2. The fraction of sp³-hybridized carbons (Fsp3) is 0.562. The van der Waals surface area contributed by atoms with Gasteiger partial charge in [-0.15, -0.1) is 0 Å². The Labute approximate surface area is 111 Å². The highest BCUT2D eigenvalue weighted by atomic mass is 16.4. The third-order valence-electron chi connectivity index (χ3n) is 2.72. The highest BCUT2D eigenvalue weighted by molar-refractivity contribution is 5.87. The van der Waals surface area contributed by atoms with Gasteiger partial charge in [0.25, 0.3) is 0 Å². The Morgan fingerprint density at radius 2 is 1.61 bits per heavy atom. The average Bonchev–Trinajstić information content (AvgIpc) is 2.35.